The van der Waals surface area contributed by atoms with Gasteiger partial charge in [0, 0.05) is 45.3 Å². The minimum absolute atomic E-state index is 0. The number of amides is 1. The lowest BCUT2D eigenvalue weighted by Gasteiger charge is -2.36. The number of aromatic nitrogens is 1. The van der Waals surface area contributed by atoms with Gasteiger partial charge in [0.25, 0.3) is 5.91 Å². The Bertz CT molecular complexity index is 1080. The molecule has 1 atom stereocenters. The van der Waals surface area contributed by atoms with Crippen LogP contribution < -0.4 is 11.1 Å². The maximum absolute atomic E-state index is 13.2. The van der Waals surface area contributed by atoms with Crippen LogP contribution in [0.5, 0.6) is 0 Å². The third-order valence-electron chi connectivity index (χ3n) is 5.03. The van der Waals surface area contributed by atoms with E-state index >= 15 is 0 Å². The predicted octanol–water partition coefficient (Wildman–Crippen LogP) is 4.12. The molecule has 0 saturated heterocycles. The summed E-state index contributed by atoms with van der Waals surface area (Å²) in [5.41, 5.74) is 9.08. The van der Waals surface area contributed by atoms with Gasteiger partial charge in [-0.2, -0.15) is 0 Å². The molecule has 0 bridgehead atoms. The van der Waals surface area contributed by atoms with E-state index in [4.69, 9.17) is 34.3 Å². The number of rotatable bonds is 3. The Balaban J connectivity index is 0.00000240. The summed E-state index contributed by atoms with van der Waals surface area (Å²) in [5, 5.41) is 12.6. The first-order chi connectivity index (χ1) is 13.4. The number of halogens is 3. The van der Waals surface area contributed by atoms with Crippen molar-refractivity contribution in [3.05, 3.63) is 69.3 Å². The Morgan fingerprint density at radius 1 is 1.24 bits per heavy atom. The van der Waals surface area contributed by atoms with E-state index in [1.807, 2.05) is 18.2 Å². The van der Waals surface area contributed by atoms with Gasteiger partial charge in [-0.1, -0.05) is 29.3 Å². The number of nitrogens with one attached hydrogen (secondary N) is 3. The van der Waals surface area contributed by atoms with Crippen LogP contribution in [0, 0.1) is 5.41 Å². The molecule has 1 amide bonds. The molecule has 9 heteroatoms. The highest BCUT2D eigenvalue weighted by Gasteiger charge is 2.34. The molecule has 3 aromatic rings. The number of guanidine groups is 1. The number of hydrogen-bond acceptors (Lipinski definition) is 2. The molecule has 0 fully saturated rings. The van der Waals surface area contributed by atoms with Crippen molar-refractivity contribution in [2.45, 2.75) is 12.5 Å². The molecule has 5 N–H and O–H groups in total. The van der Waals surface area contributed by atoms with Crippen LogP contribution in [0.1, 0.15) is 27.7 Å². The smallest absolute Gasteiger partial charge is 0.254 e. The van der Waals surface area contributed by atoms with Crippen molar-refractivity contribution in [1.82, 2.24) is 15.2 Å². The van der Waals surface area contributed by atoms with Crippen LogP contribution >= 0.6 is 35.6 Å². The van der Waals surface area contributed by atoms with Crippen LogP contribution in [0.15, 0.2) is 42.5 Å². The van der Waals surface area contributed by atoms with E-state index in [1.165, 1.54) is 0 Å². The summed E-state index contributed by atoms with van der Waals surface area (Å²) in [6.07, 6.45) is 0.707. The zero-order chi connectivity index (χ0) is 19.8. The van der Waals surface area contributed by atoms with Gasteiger partial charge in [-0.15, -0.1) is 12.4 Å². The van der Waals surface area contributed by atoms with E-state index in [-0.39, 0.29) is 30.3 Å². The summed E-state index contributed by atoms with van der Waals surface area (Å²) in [4.78, 5) is 18.4. The lowest BCUT2D eigenvalue weighted by molar-refractivity contribution is 0.0660. The van der Waals surface area contributed by atoms with Gasteiger partial charge in [-0.25, -0.2) is 0 Å². The van der Waals surface area contributed by atoms with E-state index in [0.717, 1.165) is 22.2 Å². The first kappa shape index (κ1) is 21.3. The van der Waals surface area contributed by atoms with Crippen LogP contribution in [0.2, 0.25) is 10.0 Å². The number of nitrogens with zero attached hydrogens (tertiary/aromatic N) is 1. The summed E-state index contributed by atoms with van der Waals surface area (Å²) < 4.78 is 0. The lowest BCUT2D eigenvalue weighted by atomic mass is 9.96. The number of carbonyl (C=O) groups is 1. The van der Waals surface area contributed by atoms with Gasteiger partial charge < -0.3 is 20.9 Å². The molecule has 0 aliphatic carbocycles. The third kappa shape index (κ3) is 4.15. The molecule has 1 unspecified atom stereocenters. The maximum Gasteiger partial charge on any atom is 0.254 e. The van der Waals surface area contributed by atoms with Crippen LogP contribution in [0.3, 0.4) is 0 Å². The Hall–Kier alpha value is -2.41. The molecule has 152 valence electrons. The summed E-state index contributed by atoms with van der Waals surface area (Å²) >= 11 is 12.3. The second-order valence-electron chi connectivity index (χ2n) is 6.78. The molecule has 0 saturated carbocycles. The molecule has 29 heavy (non-hydrogen) atoms. The largest absolute Gasteiger partial charge is 0.370 e. The van der Waals surface area contributed by atoms with Gasteiger partial charge in [0.05, 0.1) is 6.04 Å². The normalized spacial score (nSPS) is 15.5. The SMILES string of the molecule is Cl.N=C(N)NCC1c2[nH]c3ccc(Cl)cc3c2CCN1C(=O)c1cccc(Cl)c1. The minimum atomic E-state index is -0.301. The van der Waals surface area contributed by atoms with Crippen LogP contribution in [-0.2, 0) is 6.42 Å². The van der Waals surface area contributed by atoms with Crippen molar-refractivity contribution in [2.75, 3.05) is 13.1 Å². The molecular weight excluding hydrogens is 433 g/mol. The van der Waals surface area contributed by atoms with Gasteiger partial charge in [0.2, 0.25) is 0 Å². The van der Waals surface area contributed by atoms with Crippen molar-refractivity contribution in [2.24, 2.45) is 5.73 Å². The quantitative estimate of drug-likeness (QED) is 0.355. The van der Waals surface area contributed by atoms with Crippen molar-refractivity contribution in [3.63, 3.8) is 0 Å². The summed E-state index contributed by atoms with van der Waals surface area (Å²) in [6.45, 7) is 0.872. The molecule has 0 radical (unpaired) electrons. The molecule has 2 aromatic carbocycles. The van der Waals surface area contributed by atoms with Crippen LogP contribution in [-0.4, -0.2) is 34.8 Å². The van der Waals surface area contributed by atoms with Gasteiger partial charge in [0.15, 0.2) is 5.96 Å². The molecular formula is C20H20Cl3N5O. The first-order valence-electron chi connectivity index (χ1n) is 8.88. The number of hydrogen-bond donors (Lipinski definition) is 4. The van der Waals surface area contributed by atoms with Gasteiger partial charge in [0.1, 0.15) is 0 Å². The zero-order valence-corrected chi connectivity index (χ0v) is 17.7. The number of nitrogens with two attached hydrogens (primary N) is 1. The van der Waals surface area contributed by atoms with E-state index < -0.39 is 0 Å². The molecule has 1 aliphatic heterocycles. The minimum Gasteiger partial charge on any atom is -0.370 e. The van der Waals surface area contributed by atoms with Gasteiger partial charge in [-0.3, -0.25) is 10.2 Å². The fraction of sp³-hybridized carbons (Fsp3) is 0.200. The monoisotopic (exact) mass is 451 g/mol. The topological polar surface area (TPSA) is 98.0 Å². The van der Waals surface area contributed by atoms with Gasteiger partial charge in [-0.05, 0) is 48.4 Å². The first-order valence-corrected chi connectivity index (χ1v) is 9.64. The highest BCUT2D eigenvalue weighted by molar-refractivity contribution is 6.31. The number of benzene rings is 2. The predicted molar refractivity (Wildman–Crippen MR) is 119 cm³/mol. The molecule has 2 heterocycles. The number of carbonyl (C=O) groups excluding carboxylic acids is 1. The van der Waals surface area contributed by atoms with E-state index in [1.54, 1.807) is 29.2 Å². The van der Waals surface area contributed by atoms with Gasteiger partial charge >= 0.3 is 0 Å². The van der Waals surface area contributed by atoms with Crippen molar-refractivity contribution in [1.29, 1.82) is 5.41 Å². The number of fused-ring (bicyclic) bond motifs is 3. The summed E-state index contributed by atoms with van der Waals surface area (Å²) in [6, 6.07) is 12.3. The Morgan fingerprint density at radius 2 is 2.00 bits per heavy atom. The Labute approximate surface area is 184 Å². The molecule has 1 aromatic heterocycles. The van der Waals surface area contributed by atoms with E-state index in [0.29, 0.717) is 35.1 Å². The highest BCUT2D eigenvalue weighted by atomic mass is 35.5. The average Bonchev–Trinajstić information content (AvgIpc) is 3.03. The lowest BCUT2D eigenvalue weighted by Crippen LogP contribution is -2.46. The zero-order valence-electron chi connectivity index (χ0n) is 15.3. The fourth-order valence-corrected chi connectivity index (χ4v) is 4.15. The highest BCUT2D eigenvalue weighted by Crippen LogP contribution is 2.36. The average molecular weight is 453 g/mol. The van der Waals surface area contributed by atoms with Crippen molar-refractivity contribution >= 4 is 58.4 Å². The third-order valence-corrected chi connectivity index (χ3v) is 5.50. The summed E-state index contributed by atoms with van der Waals surface area (Å²) in [7, 11) is 0. The van der Waals surface area contributed by atoms with Crippen LogP contribution in [0.4, 0.5) is 0 Å². The fourth-order valence-electron chi connectivity index (χ4n) is 3.79. The Kier molecular flexibility index (Phi) is 6.27. The standard InChI is InChI=1S/C20H19Cl2N5O.ClH/c21-12-3-1-2-11(8-12)19(28)27-7-6-14-15-9-13(22)4-5-16(15)26-18(14)17(27)10-25-20(23)24;/h1-5,8-9,17,26H,6-7,10H2,(H4,23,24,25);1H. The molecule has 6 nitrogen and oxygen atoms in total. The summed E-state index contributed by atoms with van der Waals surface area (Å²) in [5.74, 6) is -0.248. The number of H-pyrrole nitrogens is 1. The van der Waals surface area contributed by atoms with Crippen molar-refractivity contribution < 1.29 is 4.79 Å². The molecule has 0 spiro atoms. The second kappa shape index (κ2) is 8.53. The van der Waals surface area contributed by atoms with E-state index in [2.05, 4.69) is 10.3 Å². The number of aromatic amines is 1. The molecule has 1 aliphatic rings. The molecule has 4 rings (SSSR count). The second-order valence-corrected chi connectivity index (χ2v) is 7.65. The Morgan fingerprint density at radius 3 is 2.72 bits per heavy atom. The van der Waals surface area contributed by atoms with Crippen molar-refractivity contribution in [3.8, 4) is 0 Å². The maximum atomic E-state index is 13.2. The van der Waals surface area contributed by atoms with E-state index in [9.17, 15) is 4.79 Å². The van der Waals surface area contributed by atoms with Crippen LogP contribution in [0.25, 0.3) is 10.9 Å².